The van der Waals surface area contributed by atoms with E-state index in [1.807, 2.05) is 55.5 Å². The van der Waals surface area contributed by atoms with Gasteiger partial charge in [0, 0.05) is 29.7 Å². The summed E-state index contributed by atoms with van der Waals surface area (Å²) < 4.78 is 0. The molecule has 0 aliphatic rings. The minimum atomic E-state index is -0.00832. The number of fused-ring (bicyclic) bond motifs is 1. The highest BCUT2D eigenvalue weighted by atomic mass is 35.5. The van der Waals surface area contributed by atoms with Crippen molar-refractivity contribution in [2.24, 2.45) is 0 Å². The molecule has 0 fully saturated rings. The normalized spacial score (nSPS) is 10.7. The molecule has 0 radical (unpaired) electrons. The summed E-state index contributed by atoms with van der Waals surface area (Å²) in [6.07, 6.45) is 1.68. The van der Waals surface area contributed by atoms with Crippen molar-refractivity contribution in [3.8, 4) is 0 Å². The summed E-state index contributed by atoms with van der Waals surface area (Å²) in [5.41, 5.74) is 2.44. The van der Waals surface area contributed by atoms with Gasteiger partial charge in [-0.25, -0.2) is 0 Å². The van der Waals surface area contributed by atoms with Crippen LogP contribution in [0.1, 0.15) is 22.8 Å². The number of halogens is 1. The van der Waals surface area contributed by atoms with Crippen molar-refractivity contribution in [2.75, 3.05) is 6.54 Å². The summed E-state index contributed by atoms with van der Waals surface area (Å²) in [7, 11) is 0. The molecule has 0 unspecified atom stereocenters. The van der Waals surface area contributed by atoms with Gasteiger partial charge in [-0.2, -0.15) is 0 Å². The van der Waals surface area contributed by atoms with Gasteiger partial charge < -0.3 is 4.90 Å². The molecule has 1 heterocycles. The Morgan fingerprint density at radius 3 is 2.61 bits per heavy atom. The first kappa shape index (κ1) is 15.5. The molecule has 0 bridgehead atoms. The molecule has 0 aliphatic heterocycles. The van der Waals surface area contributed by atoms with Gasteiger partial charge in [-0.05, 0) is 30.7 Å². The molecule has 0 spiro atoms. The van der Waals surface area contributed by atoms with E-state index in [4.69, 9.17) is 11.6 Å². The maximum atomic E-state index is 13.0. The van der Waals surface area contributed by atoms with Gasteiger partial charge in [-0.1, -0.05) is 48.0 Å². The van der Waals surface area contributed by atoms with Gasteiger partial charge in [0.1, 0.15) is 0 Å². The first-order chi connectivity index (χ1) is 11.2. The lowest BCUT2D eigenvalue weighted by molar-refractivity contribution is 0.0754. The SMILES string of the molecule is CCN(Cc1ccccc1Cl)C(=O)c1ccnc2ccccc12. The second-order valence-corrected chi connectivity index (χ2v) is 5.69. The quantitative estimate of drug-likeness (QED) is 0.705. The van der Waals surface area contributed by atoms with Crippen molar-refractivity contribution in [3.05, 3.63) is 76.9 Å². The van der Waals surface area contributed by atoms with Crippen molar-refractivity contribution >= 4 is 28.4 Å². The molecular weight excluding hydrogens is 308 g/mol. The molecule has 0 saturated heterocycles. The fraction of sp³-hybridized carbons (Fsp3) is 0.158. The second kappa shape index (κ2) is 6.80. The van der Waals surface area contributed by atoms with Gasteiger partial charge >= 0.3 is 0 Å². The van der Waals surface area contributed by atoms with Gasteiger partial charge in [0.25, 0.3) is 5.91 Å². The third-order valence-corrected chi connectivity index (χ3v) is 4.24. The zero-order valence-electron chi connectivity index (χ0n) is 12.9. The highest BCUT2D eigenvalue weighted by Crippen LogP contribution is 2.21. The number of benzene rings is 2. The van der Waals surface area contributed by atoms with E-state index < -0.39 is 0 Å². The Kier molecular flexibility index (Phi) is 4.58. The standard InChI is InChI=1S/C19H17ClN2O/c1-2-22(13-14-7-3-5-9-17(14)20)19(23)16-11-12-21-18-10-6-4-8-15(16)18/h3-12H,2,13H2,1H3. The molecular formula is C19H17ClN2O. The number of amides is 1. The van der Waals surface area contributed by atoms with E-state index in [9.17, 15) is 4.79 Å². The van der Waals surface area contributed by atoms with Crippen LogP contribution in [0.3, 0.4) is 0 Å². The lowest BCUT2D eigenvalue weighted by Crippen LogP contribution is -2.30. The van der Waals surface area contributed by atoms with E-state index in [0.717, 1.165) is 16.5 Å². The molecule has 1 aromatic heterocycles. The van der Waals surface area contributed by atoms with E-state index in [2.05, 4.69) is 4.98 Å². The van der Waals surface area contributed by atoms with E-state index in [0.29, 0.717) is 23.7 Å². The molecule has 116 valence electrons. The fourth-order valence-electron chi connectivity index (χ4n) is 2.61. The summed E-state index contributed by atoms with van der Waals surface area (Å²) in [6, 6.07) is 17.1. The number of aromatic nitrogens is 1. The topological polar surface area (TPSA) is 33.2 Å². The van der Waals surface area contributed by atoms with Gasteiger partial charge in [0.15, 0.2) is 0 Å². The van der Waals surface area contributed by atoms with Crippen molar-refractivity contribution in [1.29, 1.82) is 0 Å². The summed E-state index contributed by atoms with van der Waals surface area (Å²) in [6.45, 7) is 3.07. The third-order valence-electron chi connectivity index (χ3n) is 3.87. The molecule has 23 heavy (non-hydrogen) atoms. The van der Waals surface area contributed by atoms with E-state index >= 15 is 0 Å². The Balaban J connectivity index is 1.95. The Bertz CT molecular complexity index is 842. The van der Waals surface area contributed by atoms with Crippen molar-refractivity contribution in [3.63, 3.8) is 0 Å². The molecule has 3 nitrogen and oxygen atoms in total. The largest absolute Gasteiger partial charge is 0.335 e. The third kappa shape index (κ3) is 3.20. The number of para-hydroxylation sites is 1. The maximum absolute atomic E-state index is 13.0. The van der Waals surface area contributed by atoms with Crippen LogP contribution < -0.4 is 0 Å². The monoisotopic (exact) mass is 324 g/mol. The highest BCUT2D eigenvalue weighted by Gasteiger charge is 2.18. The number of hydrogen-bond donors (Lipinski definition) is 0. The predicted molar refractivity (Wildman–Crippen MR) is 93.6 cm³/mol. The van der Waals surface area contributed by atoms with Crippen LogP contribution in [-0.4, -0.2) is 22.3 Å². The van der Waals surface area contributed by atoms with Crippen molar-refractivity contribution in [1.82, 2.24) is 9.88 Å². The predicted octanol–water partition coefficient (Wildman–Crippen LogP) is 4.55. The number of hydrogen-bond acceptors (Lipinski definition) is 2. The summed E-state index contributed by atoms with van der Waals surface area (Å²) in [5.74, 6) is -0.00832. The molecule has 1 amide bonds. The van der Waals surface area contributed by atoms with Crippen molar-refractivity contribution in [2.45, 2.75) is 13.5 Å². The molecule has 4 heteroatoms. The van der Waals surface area contributed by atoms with Crippen LogP contribution in [-0.2, 0) is 6.54 Å². The van der Waals surface area contributed by atoms with Crippen molar-refractivity contribution < 1.29 is 4.79 Å². The Morgan fingerprint density at radius 1 is 1.09 bits per heavy atom. The van der Waals surface area contributed by atoms with Gasteiger partial charge in [0.05, 0.1) is 11.1 Å². The van der Waals surface area contributed by atoms with E-state index in [1.54, 1.807) is 17.2 Å². The van der Waals surface area contributed by atoms with E-state index in [1.165, 1.54) is 0 Å². The smallest absolute Gasteiger partial charge is 0.254 e. The first-order valence-corrected chi connectivity index (χ1v) is 7.95. The number of carbonyl (C=O) groups excluding carboxylic acids is 1. The molecule has 2 aromatic carbocycles. The zero-order valence-corrected chi connectivity index (χ0v) is 13.6. The Hall–Kier alpha value is -2.39. The molecule has 3 rings (SSSR count). The van der Waals surface area contributed by atoms with Crippen LogP contribution in [0, 0.1) is 0 Å². The molecule has 3 aromatic rings. The summed E-state index contributed by atoms with van der Waals surface area (Å²) in [4.78, 5) is 19.1. The molecule has 0 saturated carbocycles. The average Bonchev–Trinajstić information content (AvgIpc) is 2.60. The Morgan fingerprint density at radius 2 is 1.83 bits per heavy atom. The number of rotatable bonds is 4. The van der Waals surface area contributed by atoms with Crippen LogP contribution in [0.5, 0.6) is 0 Å². The fourth-order valence-corrected chi connectivity index (χ4v) is 2.81. The lowest BCUT2D eigenvalue weighted by atomic mass is 10.1. The Labute approximate surface area is 140 Å². The van der Waals surface area contributed by atoms with Crippen LogP contribution in [0.2, 0.25) is 5.02 Å². The van der Waals surface area contributed by atoms with Gasteiger partial charge in [-0.3, -0.25) is 9.78 Å². The van der Waals surface area contributed by atoms with Crippen LogP contribution in [0.25, 0.3) is 10.9 Å². The summed E-state index contributed by atoms with van der Waals surface area (Å²) >= 11 is 6.22. The minimum absolute atomic E-state index is 0.00832. The zero-order chi connectivity index (χ0) is 16.2. The maximum Gasteiger partial charge on any atom is 0.254 e. The second-order valence-electron chi connectivity index (χ2n) is 5.29. The molecule has 0 atom stereocenters. The molecule has 0 N–H and O–H groups in total. The van der Waals surface area contributed by atoms with Gasteiger partial charge in [-0.15, -0.1) is 0 Å². The van der Waals surface area contributed by atoms with Gasteiger partial charge in [0.2, 0.25) is 0 Å². The van der Waals surface area contributed by atoms with Crippen LogP contribution in [0.15, 0.2) is 60.8 Å². The first-order valence-electron chi connectivity index (χ1n) is 7.57. The van der Waals surface area contributed by atoms with Crippen LogP contribution >= 0.6 is 11.6 Å². The highest BCUT2D eigenvalue weighted by molar-refractivity contribution is 6.31. The number of carbonyl (C=O) groups is 1. The summed E-state index contributed by atoms with van der Waals surface area (Å²) in [5, 5.41) is 1.55. The number of nitrogens with zero attached hydrogens (tertiary/aromatic N) is 2. The lowest BCUT2D eigenvalue weighted by Gasteiger charge is -2.22. The van der Waals surface area contributed by atoms with Crippen LogP contribution in [0.4, 0.5) is 0 Å². The number of pyridine rings is 1. The van der Waals surface area contributed by atoms with E-state index in [-0.39, 0.29) is 5.91 Å². The molecule has 0 aliphatic carbocycles. The minimum Gasteiger partial charge on any atom is -0.335 e. The average molecular weight is 325 g/mol.